The third kappa shape index (κ3) is 3.97. The molecule has 2 aromatic carbocycles. The van der Waals surface area contributed by atoms with Gasteiger partial charge in [0.2, 0.25) is 0 Å². The average Bonchev–Trinajstić information content (AvgIpc) is 2.38. The van der Waals surface area contributed by atoms with E-state index in [9.17, 15) is 8.76 Å². The van der Waals surface area contributed by atoms with E-state index in [0.29, 0.717) is 18.0 Å². The van der Waals surface area contributed by atoms with E-state index >= 15 is 0 Å². The van der Waals surface area contributed by atoms with Gasteiger partial charge in [-0.2, -0.15) is 0 Å². The molecule has 0 aliphatic carbocycles. The van der Waals surface area contributed by atoms with Crippen molar-refractivity contribution in [3.05, 3.63) is 54.1 Å². The zero-order valence-corrected chi connectivity index (χ0v) is 10.8. The van der Waals surface area contributed by atoms with Gasteiger partial charge in [0, 0.05) is 11.8 Å². The fourth-order valence-electron chi connectivity index (χ4n) is 1.52. The van der Waals surface area contributed by atoms with Gasteiger partial charge in [0.1, 0.15) is 18.0 Å². The third-order valence-corrected chi connectivity index (χ3v) is 2.68. The lowest BCUT2D eigenvalue weighted by molar-refractivity contribution is 0.295. The summed E-state index contributed by atoms with van der Waals surface area (Å²) in [4.78, 5) is 0. The van der Waals surface area contributed by atoms with Crippen molar-refractivity contribution in [2.24, 2.45) is 0 Å². The van der Waals surface area contributed by atoms with Gasteiger partial charge in [-0.3, -0.25) is 0 Å². The number of rotatable bonds is 5. The molecule has 100 valence electrons. The summed E-state index contributed by atoms with van der Waals surface area (Å²) < 4.78 is 31.3. The smallest absolute Gasteiger partial charge is 0.183 e. The summed E-state index contributed by atoms with van der Waals surface area (Å²) in [5.41, 5.74) is 6.94. The molecule has 0 fully saturated rings. The maximum atomic E-state index is 10.6. The minimum atomic E-state index is -2.67. The van der Waals surface area contributed by atoms with Gasteiger partial charge in [-0.1, -0.05) is 30.3 Å². The fourth-order valence-corrected chi connectivity index (χ4v) is 1.79. The lowest BCUT2D eigenvalue weighted by Gasteiger charge is -2.13. The van der Waals surface area contributed by atoms with Crippen molar-refractivity contribution in [1.82, 2.24) is 0 Å². The highest BCUT2D eigenvalue weighted by Gasteiger charge is 2.07. The van der Waals surface area contributed by atoms with E-state index in [0.717, 1.165) is 5.56 Å². The van der Waals surface area contributed by atoms with Crippen LogP contribution in [-0.4, -0.2) is 8.76 Å². The topological polar surface area (TPSA) is 84.6 Å². The molecule has 1 unspecified atom stereocenters. The molecule has 0 aliphatic rings. The molecule has 6 heteroatoms. The Morgan fingerprint density at radius 1 is 1.11 bits per heavy atom. The van der Waals surface area contributed by atoms with Gasteiger partial charge in [0.05, 0.1) is 0 Å². The fraction of sp³-hybridized carbons (Fsp3) is 0.0769. The monoisotopic (exact) mass is 278 g/mol. The number of nitrogen functional groups attached to an aromatic ring is 1. The van der Waals surface area contributed by atoms with Crippen LogP contribution >= 0.6 is 0 Å². The number of anilines is 1. The largest absolute Gasteiger partial charge is 0.740 e. The lowest BCUT2D eigenvalue weighted by atomic mass is 10.2. The molecular formula is C13H12NO4S-. The molecule has 2 rings (SSSR count). The first-order valence-electron chi connectivity index (χ1n) is 5.49. The minimum Gasteiger partial charge on any atom is -0.740 e. The Morgan fingerprint density at radius 2 is 1.84 bits per heavy atom. The Hall–Kier alpha value is -2.05. The van der Waals surface area contributed by atoms with Crippen molar-refractivity contribution >= 4 is 17.0 Å². The maximum Gasteiger partial charge on any atom is 0.183 e. The van der Waals surface area contributed by atoms with Gasteiger partial charge in [-0.05, 0) is 17.7 Å². The van der Waals surface area contributed by atoms with Crippen molar-refractivity contribution < 1.29 is 17.7 Å². The summed E-state index contributed by atoms with van der Waals surface area (Å²) in [5, 5.41) is 0. The van der Waals surface area contributed by atoms with Crippen molar-refractivity contribution in [2.45, 2.75) is 6.61 Å². The molecule has 0 saturated heterocycles. The number of hydrogen-bond acceptors (Lipinski definition) is 5. The second-order valence-corrected chi connectivity index (χ2v) is 4.34. The summed E-state index contributed by atoms with van der Waals surface area (Å²) in [7, 11) is 0. The summed E-state index contributed by atoms with van der Waals surface area (Å²) in [6, 6.07) is 14.1. The Kier molecular flexibility index (Phi) is 4.38. The normalized spacial score (nSPS) is 11.8. The first-order chi connectivity index (χ1) is 9.15. The summed E-state index contributed by atoms with van der Waals surface area (Å²) in [5.74, 6) is 0.395. The average molecular weight is 278 g/mol. The number of nitrogens with two attached hydrogens (primary N) is 1. The molecule has 0 heterocycles. The highest BCUT2D eigenvalue weighted by molar-refractivity contribution is 7.74. The standard InChI is InChI=1S/C13H13NO4S/c14-11-6-7-12(13(8-11)18-19(15)16)17-9-10-4-2-1-3-5-10/h1-8H,9,14H2,(H,15,16)/p-1. The number of benzene rings is 2. The van der Waals surface area contributed by atoms with E-state index in [2.05, 4.69) is 4.18 Å². The third-order valence-electron chi connectivity index (χ3n) is 2.36. The Morgan fingerprint density at radius 3 is 2.53 bits per heavy atom. The van der Waals surface area contributed by atoms with Crippen LogP contribution in [0.2, 0.25) is 0 Å². The van der Waals surface area contributed by atoms with E-state index < -0.39 is 11.4 Å². The van der Waals surface area contributed by atoms with E-state index in [4.69, 9.17) is 10.5 Å². The van der Waals surface area contributed by atoms with Crippen LogP contribution in [0.4, 0.5) is 5.69 Å². The minimum absolute atomic E-state index is 0.0734. The van der Waals surface area contributed by atoms with Crippen molar-refractivity contribution in [1.29, 1.82) is 0 Å². The van der Waals surface area contributed by atoms with Crippen LogP contribution in [0.5, 0.6) is 11.5 Å². The first kappa shape index (κ1) is 13.4. The molecule has 19 heavy (non-hydrogen) atoms. The second-order valence-electron chi connectivity index (χ2n) is 3.77. The van der Waals surface area contributed by atoms with Crippen LogP contribution < -0.4 is 14.7 Å². The van der Waals surface area contributed by atoms with Gasteiger partial charge in [0.15, 0.2) is 11.5 Å². The second kappa shape index (κ2) is 6.21. The zero-order chi connectivity index (χ0) is 13.7. The van der Waals surface area contributed by atoms with Gasteiger partial charge in [-0.25, -0.2) is 4.21 Å². The molecule has 0 spiro atoms. The van der Waals surface area contributed by atoms with Gasteiger partial charge >= 0.3 is 0 Å². The van der Waals surface area contributed by atoms with Crippen molar-refractivity contribution in [3.63, 3.8) is 0 Å². The summed E-state index contributed by atoms with van der Waals surface area (Å²) in [6.07, 6.45) is 0. The van der Waals surface area contributed by atoms with Crippen molar-refractivity contribution in [2.75, 3.05) is 5.73 Å². The summed E-state index contributed by atoms with van der Waals surface area (Å²) in [6.45, 7) is 0.312. The molecule has 0 saturated carbocycles. The quantitative estimate of drug-likeness (QED) is 0.668. The predicted octanol–water partition coefficient (Wildman–Crippen LogP) is 2.02. The molecular weight excluding hydrogens is 266 g/mol. The molecule has 0 bridgehead atoms. The maximum absolute atomic E-state index is 10.6. The predicted molar refractivity (Wildman–Crippen MR) is 71.2 cm³/mol. The van der Waals surface area contributed by atoms with E-state index in [1.165, 1.54) is 6.07 Å². The van der Waals surface area contributed by atoms with E-state index in [1.807, 2.05) is 30.3 Å². The van der Waals surface area contributed by atoms with Gasteiger partial charge in [0.25, 0.3) is 0 Å². The Bertz CT molecular complexity index is 574. The lowest BCUT2D eigenvalue weighted by Crippen LogP contribution is -2.02. The van der Waals surface area contributed by atoms with Crippen LogP contribution in [0.3, 0.4) is 0 Å². The van der Waals surface area contributed by atoms with E-state index in [1.54, 1.807) is 12.1 Å². The molecule has 2 aromatic rings. The Labute approximate surface area is 113 Å². The molecule has 1 atom stereocenters. The molecule has 0 amide bonds. The molecule has 0 radical (unpaired) electrons. The SMILES string of the molecule is Nc1ccc(OCc2ccccc2)c(OS(=O)[O-])c1. The molecule has 5 nitrogen and oxygen atoms in total. The molecule has 2 N–H and O–H groups in total. The van der Waals surface area contributed by atoms with Crippen LogP contribution in [0, 0.1) is 0 Å². The highest BCUT2D eigenvalue weighted by atomic mass is 32.2. The zero-order valence-electron chi connectivity index (χ0n) is 9.94. The van der Waals surface area contributed by atoms with Gasteiger partial charge < -0.3 is 19.2 Å². The van der Waals surface area contributed by atoms with Crippen LogP contribution in [0.15, 0.2) is 48.5 Å². The van der Waals surface area contributed by atoms with E-state index in [-0.39, 0.29) is 5.75 Å². The van der Waals surface area contributed by atoms with Crippen LogP contribution in [0.25, 0.3) is 0 Å². The number of ether oxygens (including phenoxy) is 1. The van der Waals surface area contributed by atoms with Gasteiger partial charge in [-0.15, -0.1) is 0 Å². The molecule has 0 aliphatic heterocycles. The molecule has 0 aromatic heterocycles. The Balaban J connectivity index is 2.13. The summed E-state index contributed by atoms with van der Waals surface area (Å²) >= 11 is -2.67. The van der Waals surface area contributed by atoms with Crippen LogP contribution in [0.1, 0.15) is 5.56 Å². The number of hydrogen-bond donors (Lipinski definition) is 1. The highest BCUT2D eigenvalue weighted by Crippen LogP contribution is 2.30. The first-order valence-corrected chi connectivity index (χ1v) is 6.49. The van der Waals surface area contributed by atoms with Crippen LogP contribution in [-0.2, 0) is 18.0 Å². The van der Waals surface area contributed by atoms with Crippen molar-refractivity contribution in [3.8, 4) is 11.5 Å².